The zero-order valence-corrected chi connectivity index (χ0v) is 13.6. The van der Waals surface area contributed by atoms with Gasteiger partial charge in [-0.15, -0.1) is 0 Å². The van der Waals surface area contributed by atoms with Crippen molar-refractivity contribution in [3.05, 3.63) is 48.6 Å². The number of aliphatic hydroxyl groups excluding tert-OH is 3. The lowest BCUT2D eigenvalue weighted by molar-refractivity contribution is -0.244. The first-order valence-corrected chi connectivity index (χ1v) is 8.71. The predicted molar refractivity (Wildman–Crippen MR) is 91.3 cm³/mol. The third-order valence-corrected chi connectivity index (χ3v) is 5.82. The van der Waals surface area contributed by atoms with Crippen molar-refractivity contribution < 1.29 is 24.8 Å². The van der Waals surface area contributed by atoms with Gasteiger partial charge in [-0.25, -0.2) is 0 Å². The van der Waals surface area contributed by atoms with E-state index in [2.05, 4.69) is 0 Å². The molecule has 1 aliphatic heterocycles. The highest BCUT2D eigenvalue weighted by molar-refractivity contribution is 5.94. The summed E-state index contributed by atoms with van der Waals surface area (Å²) in [7, 11) is 0. The minimum atomic E-state index is -1.10. The minimum Gasteiger partial charge on any atom is -0.451 e. The predicted octanol–water partition coefficient (Wildman–Crippen LogP) is 1.99. The molecule has 2 aliphatic carbocycles. The molecule has 25 heavy (non-hydrogen) atoms. The van der Waals surface area contributed by atoms with Gasteiger partial charge in [0.1, 0.15) is 11.5 Å². The maximum Gasteiger partial charge on any atom is 0.257 e. The Hall–Kier alpha value is -2.08. The normalized spacial score (nSPS) is 35.1. The van der Waals surface area contributed by atoms with Crippen molar-refractivity contribution in [2.75, 3.05) is 0 Å². The lowest BCUT2D eigenvalue weighted by Gasteiger charge is -2.53. The summed E-state index contributed by atoms with van der Waals surface area (Å²) in [6.07, 6.45) is 1.61. The maximum absolute atomic E-state index is 10.6. The van der Waals surface area contributed by atoms with E-state index in [1.807, 2.05) is 36.4 Å². The molecule has 1 saturated carbocycles. The summed E-state index contributed by atoms with van der Waals surface area (Å²) < 4.78 is 12.7. The van der Waals surface area contributed by atoms with Crippen LogP contribution in [0.4, 0.5) is 0 Å². The summed E-state index contributed by atoms with van der Waals surface area (Å²) in [5.74, 6) is -0.757. The zero-order valence-electron chi connectivity index (χ0n) is 13.6. The van der Waals surface area contributed by atoms with E-state index in [0.29, 0.717) is 24.3 Å². The molecule has 5 nitrogen and oxygen atoms in total. The molecule has 1 fully saturated rings. The van der Waals surface area contributed by atoms with Crippen molar-refractivity contribution in [3.8, 4) is 11.5 Å². The van der Waals surface area contributed by atoms with Gasteiger partial charge in [0.25, 0.3) is 5.79 Å². The molecule has 0 unspecified atom stereocenters. The molecule has 0 bridgehead atoms. The first-order chi connectivity index (χ1) is 12.1. The fraction of sp³-hybridized carbons (Fsp3) is 0.400. The van der Waals surface area contributed by atoms with Gasteiger partial charge in [-0.2, -0.15) is 0 Å². The summed E-state index contributed by atoms with van der Waals surface area (Å²) in [5, 5.41) is 33.4. The molecule has 3 N–H and O–H groups in total. The molecule has 3 aliphatic rings. The van der Waals surface area contributed by atoms with Crippen LogP contribution < -0.4 is 9.47 Å². The fourth-order valence-corrected chi connectivity index (χ4v) is 4.72. The Balaban J connectivity index is 1.66. The average molecular weight is 340 g/mol. The second-order valence-electron chi connectivity index (χ2n) is 7.20. The standard InChI is InChI=1S/C20H20O5/c21-12-7-8-14(23)19-18(12)13(22)9-10-20(19)24-15-5-1-3-11-4-2-6-16(25-20)17(11)15/h1-8,12-14,18-19,21-23H,9-10H2/t12-,13-,14+,18-,19-/m1/s1. The number of hydrogen-bond acceptors (Lipinski definition) is 5. The van der Waals surface area contributed by atoms with Gasteiger partial charge in [0, 0.05) is 12.3 Å². The van der Waals surface area contributed by atoms with E-state index >= 15 is 0 Å². The molecule has 1 heterocycles. The number of hydrogen-bond donors (Lipinski definition) is 3. The average Bonchev–Trinajstić information content (AvgIpc) is 2.61. The van der Waals surface area contributed by atoms with Crippen molar-refractivity contribution >= 4 is 10.8 Å². The highest BCUT2D eigenvalue weighted by Gasteiger charge is 2.59. The molecule has 5 heteroatoms. The van der Waals surface area contributed by atoms with Gasteiger partial charge in [0.2, 0.25) is 0 Å². The van der Waals surface area contributed by atoms with Gasteiger partial charge in [-0.05, 0) is 23.9 Å². The molecule has 1 spiro atoms. The van der Waals surface area contributed by atoms with E-state index < -0.39 is 35.9 Å². The van der Waals surface area contributed by atoms with Crippen molar-refractivity contribution in [1.82, 2.24) is 0 Å². The van der Waals surface area contributed by atoms with Crippen LogP contribution in [0.25, 0.3) is 10.8 Å². The van der Waals surface area contributed by atoms with E-state index in [1.54, 1.807) is 12.2 Å². The van der Waals surface area contributed by atoms with Crippen molar-refractivity contribution in [1.29, 1.82) is 0 Å². The molecule has 0 aromatic heterocycles. The van der Waals surface area contributed by atoms with Gasteiger partial charge in [-0.1, -0.05) is 36.4 Å². The van der Waals surface area contributed by atoms with Crippen LogP contribution in [0.1, 0.15) is 12.8 Å². The number of ether oxygens (including phenoxy) is 2. The summed E-state index contributed by atoms with van der Waals surface area (Å²) in [4.78, 5) is 0. The molecular formula is C20H20O5. The Labute approximate surface area is 145 Å². The first kappa shape index (κ1) is 15.2. The summed E-state index contributed by atoms with van der Waals surface area (Å²) in [6, 6.07) is 11.7. The third kappa shape index (κ3) is 2.06. The number of aliphatic hydroxyl groups is 3. The number of fused-ring (bicyclic) bond motifs is 2. The van der Waals surface area contributed by atoms with Crippen molar-refractivity contribution in [2.45, 2.75) is 36.9 Å². The van der Waals surface area contributed by atoms with Crippen LogP contribution in [0.15, 0.2) is 48.6 Å². The Morgan fingerprint density at radius 2 is 1.52 bits per heavy atom. The van der Waals surface area contributed by atoms with E-state index in [4.69, 9.17) is 9.47 Å². The summed E-state index contributed by atoms with van der Waals surface area (Å²) >= 11 is 0. The first-order valence-electron chi connectivity index (χ1n) is 8.71. The number of benzene rings is 2. The lowest BCUT2D eigenvalue weighted by atomic mass is 9.65. The topological polar surface area (TPSA) is 79.2 Å². The smallest absolute Gasteiger partial charge is 0.257 e. The van der Waals surface area contributed by atoms with Crippen molar-refractivity contribution in [2.24, 2.45) is 11.8 Å². The molecule has 0 amide bonds. The van der Waals surface area contributed by atoms with Crippen LogP contribution in [0.3, 0.4) is 0 Å². The molecule has 0 radical (unpaired) electrons. The van der Waals surface area contributed by atoms with E-state index in [0.717, 1.165) is 10.8 Å². The summed E-state index contributed by atoms with van der Waals surface area (Å²) in [5.41, 5.74) is 0. The molecule has 5 atom stereocenters. The molecule has 2 aromatic rings. The van der Waals surface area contributed by atoms with Gasteiger partial charge in [0.15, 0.2) is 0 Å². The molecule has 5 rings (SSSR count). The van der Waals surface area contributed by atoms with Gasteiger partial charge in [0.05, 0.1) is 29.6 Å². The third-order valence-electron chi connectivity index (χ3n) is 5.82. The molecule has 0 saturated heterocycles. The minimum absolute atomic E-state index is 0.441. The second-order valence-corrected chi connectivity index (χ2v) is 7.20. The monoisotopic (exact) mass is 340 g/mol. The lowest BCUT2D eigenvalue weighted by Crippen LogP contribution is -2.64. The van der Waals surface area contributed by atoms with Crippen LogP contribution in [0.5, 0.6) is 11.5 Å². The highest BCUT2D eigenvalue weighted by Crippen LogP contribution is 2.52. The quantitative estimate of drug-likeness (QED) is 0.639. The maximum atomic E-state index is 10.6. The molecule has 2 aromatic carbocycles. The van der Waals surface area contributed by atoms with Gasteiger partial charge < -0.3 is 24.8 Å². The van der Waals surface area contributed by atoms with E-state index in [-0.39, 0.29) is 0 Å². The largest absolute Gasteiger partial charge is 0.451 e. The van der Waals surface area contributed by atoms with Crippen molar-refractivity contribution in [3.63, 3.8) is 0 Å². The molecule has 130 valence electrons. The second kappa shape index (κ2) is 5.21. The van der Waals surface area contributed by atoms with Crippen LogP contribution in [0, 0.1) is 11.8 Å². The van der Waals surface area contributed by atoms with Gasteiger partial charge >= 0.3 is 0 Å². The Bertz CT molecular complexity index is 820. The zero-order chi connectivity index (χ0) is 17.2. The molecular weight excluding hydrogens is 320 g/mol. The fourth-order valence-electron chi connectivity index (χ4n) is 4.72. The van der Waals surface area contributed by atoms with Gasteiger partial charge in [-0.3, -0.25) is 0 Å². The SMILES string of the molecule is O[C@@H]1C=C[C@H](O)[C@@H]2[C@H]1[C@H](O)CCC21Oc2cccc3cccc(c23)O1. The van der Waals surface area contributed by atoms with Crippen LogP contribution in [0.2, 0.25) is 0 Å². The summed E-state index contributed by atoms with van der Waals surface area (Å²) in [6.45, 7) is 0. The Morgan fingerprint density at radius 3 is 2.20 bits per heavy atom. The Morgan fingerprint density at radius 1 is 0.880 bits per heavy atom. The Kier molecular flexibility index (Phi) is 3.17. The van der Waals surface area contributed by atoms with Crippen LogP contribution in [-0.2, 0) is 0 Å². The van der Waals surface area contributed by atoms with E-state index in [9.17, 15) is 15.3 Å². The highest BCUT2D eigenvalue weighted by atomic mass is 16.7. The van der Waals surface area contributed by atoms with Crippen LogP contribution in [-0.4, -0.2) is 39.4 Å². The van der Waals surface area contributed by atoms with Crippen LogP contribution >= 0.6 is 0 Å². The number of rotatable bonds is 0. The van der Waals surface area contributed by atoms with E-state index in [1.165, 1.54) is 0 Å².